The predicted octanol–water partition coefficient (Wildman–Crippen LogP) is 5.92. The van der Waals surface area contributed by atoms with Gasteiger partial charge in [-0.2, -0.15) is 0 Å². The zero-order valence-electron chi connectivity index (χ0n) is 17.2. The van der Waals surface area contributed by atoms with Gasteiger partial charge in [0.2, 0.25) is 12.3 Å². The molecule has 3 aromatic rings. The lowest BCUT2D eigenvalue weighted by molar-refractivity contribution is 0.102. The van der Waals surface area contributed by atoms with E-state index in [1.54, 1.807) is 18.2 Å². The van der Waals surface area contributed by atoms with Crippen molar-refractivity contribution >= 4 is 29.6 Å². The fourth-order valence-electron chi connectivity index (χ4n) is 3.42. The van der Waals surface area contributed by atoms with Crippen molar-refractivity contribution < 1.29 is 17.9 Å². The van der Waals surface area contributed by atoms with Crippen LogP contribution >= 0.6 is 12.3 Å². The molecule has 31 heavy (non-hydrogen) atoms. The summed E-state index contributed by atoms with van der Waals surface area (Å²) in [5.74, 6) is 1.33. The van der Waals surface area contributed by atoms with Crippen molar-refractivity contribution in [3.63, 3.8) is 0 Å². The molecule has 3 aromatic carbocycles. The first-order valence-corrected chi connectivity index (χ1v) is 10.8. The van der Waals surface area contributed by atoms with Gasteiger partial charge < -0.3 is 19.1 Å². The van der Waals surface area contributed by atoms with Crippen molar-refractivity contribution in [2.75, 3.05) is 30.4 Å². The maximum atomic E-state index is 12.8. The van der Waals surface area contributed by atoms with E-state index >= 15 is 0 Å². The molecule has 1 saturated heterocycles. The third-order valence-electron chi connectivity index (χ3n) is 4.97. The summed E-state index contributed by atoms with van der Waals surface area (Å²) in [5, 5.41) is 2.94. The van der Waals surface area contributed by atoms with Crippen molar-refractivity contribution in [1.29, 1.82) is 0 Å². The standard InChI is InChI=1S/C24H24N2O4S/c1-28-31-30-23-17-18(9-14-22(23)29-21-7-3-2-4-8-21)24(27)25-19-10-12-20(13-11-19)26-15-5-6-16-26/h2-4,7-14,17H,5-6,15-16H2,1H3,(H,25,27). The second-order valence-electron chi connectivity index (χ2n) is 7.09. The molecule has 0 radical (unpaired) electrons. The second-order valence-corrected chi connectivity index (χ2v) is 7.73. The van der Waals surface area contributed by atoms with E-state index in [0.29, 0.717) is 22.8 Å². The number of carbonyl (C=O) groups is 1. The van der Waals surface area contributed by atoms with Crippen LogP contribution in [0, 0.1) is 0 Å². The smallest absolute Gasteiger partial charge is 0.255 e. The monoisotopic (exact) mass is 436 g/mol. The number of benzene rings is 3. The first kappa shape index (κ1) is 21.1. The Bertz CT molecular complexity index is 1010. The van der Waals surface area contributed by atoms with E-state index in [1.165, 1.54) is 25.6 Å². The van der Waals surface area contributed by atoms with Gasteiger partial charge in [-0.15, -0.1) is 0 Å². The zero-order chi connectivity index (χ0) is 21.5. The van der Waals surface area contributed by atoms with Gasteiger partial charge in [-0.3, -0.25) is 8.98 Å². The van der Waals surface area contributed by atoms with E-state index < -0.39 is 0 Å². The number of carbonyl (C=O) groups excluding carboxylic acids is 1. The minimum absolute atomic E-state index is 0.229. The number of nitrogens with one attached hydrogen (secondary N) is 1. The Morgan fingerprint density at radius 2 is 1.68 bits per heavy atom. The van der Waals surface area contributed by atoms with Crippen molar-refractivity contribution in [3.05, 3.63) is 78.4 Å². The maximum absolute atomic E-state index is 12.8. The summed E-state index contributed by atoms with van der Waals surface area (Å²) in [4.78, 5) is 15.2. The third-order valence-corrected chi connectivity index (χ3v) is 5.35. The molecule has 4 rings (SSSR count). The van der Waals surface area contributed by atoms with Gasteiger partial charge in [-0.25, -0.2) is 0 Å². The Balaban J connectivity index is 1.47. The van der Waals surface area contributed by atoms with Crippen LogP contribution in [0.4, 0.5) is 11.4 Å². The third kappa shape index (κ3) is 5.51. The number of ether oxygens (including phenoxy) is 1. The molecule has 160 valence electrons. The highest BCUT2D eigenvalue weighted by atomic mass is 32.2. The first-order valence-electron chi connectivity index (χ1n) is 10.1. The van der Waals surface area contributed by atoms with Gasteiger partial charge in [0.05, 0.1) is 7.11 Å². The van der Waals surface area contributed by atoms with E-state index in [9.17, 15) is 4.79 Å². The van der Waals surface area contributed by atoms with Crippen LogP contribution in [-0.4, -0.2) is 26.1 Å². The summed E-state index contributed by atoms with van der Waals surface area (Å²) in [7, 11) is 1.50. The SMILES string of the molecule is COSOc1cc(C(=O)Nc2ccc(N3CCCC3)cc2)ccc1Oc1ccccc1. The molecule has 0 unspecified atom stereocenters. The summed E-state index contributed by atoms with van der Waals surface area (Å²) in [6.07, 6.45) is 2.46. The molecule has 1 amide bonds. The van der Waals surface area contributed by atoms with Crippen LogP contribution in [0.25, 0.3) is 0 Å². The van der Waals surface area contributed by atoms with Gasteiger partial charge >= 0.3 is 0 Å². The number of anilines is 2. The Kier molecular flexibility index (Phi) is 6.96. The number of para-hydroxylation sites is 1. The number of amides is 1. The number of hydrogen-bond donors (Lipinski definition) is 1. The van der Waals surface area contributed by atoms with E-state index in [1.807, 2.05) is 54.6 Å². The van der Waals surface area contributed by atoms with Crippen LogP contribution < -0.4 is 19.1 Å². The molecule has 0 saturated carbocycles. The average Bonchev–Trinajstić information content (AvgIpc) is 3.34. The van der Waals surface area contributed by atoms with Gasteiger partial charge in [0.25, 0.3) is 5.91 Å². The van der Waals surface area contributed by atoms with Gasteiger partial charge in [-0.1, -0.05) is 18.2 Å². The lowest BCUT2D eigenvalue weighted by Crippen LogP contribution is -2.17. The molecule has 1 fully saturated rings. The molecule has 0 atom stereocenters. The molecule has 1 aliphatic rings. The molecule has 0 spiro atoms. The minimum atomic E-state index is -0.229. The number of rotatable bonds is 8. The van der Waals surface area contributed by atoms with Crippen LogP contribution in [0.2, 0.25) is 0 Å². The van der Waals surface area contributed by atoms with E-state index in [0.717, 1.165) is 31.1 Å². The minimum Gasteiger partial charge on any atom is -0.453 e. The Morgan fingerprint density at radius 3 is 2.39 bits per heavy atom. The summed E-state index contributed by atoms with van der Waals surface area (Å²) in [6.45, 7) is 2.18. The number of hydrogen-bond acceptors (Lipinski definition) is 6. The average molecular weight is 437 g/mol. The van der Waals surface area contributed by atoms with Gasteiger partial charge in [0.1, 0.15) is 5.75 Å². The fourth-order valence-corrected chi connectivity index (χ4v) is 3.69. The molecular formula is C24H24N2O4S. The molecule has 7 heteroatoms. The Labute approximate surface area is 186 Å². The topological polar surface area (TPSA) is 60.0 Å². The molecule has 0 bridgehead atoms. The molecule has 0 aromatic heterocycles. The Morgan fingerprint density at radius 1 is 0.935 bits per heavy atom. The first-order chi connectivity index (χ1) is 15.2. The highest BCUT2D eigenvalue weighted by Crippen LogP contribution is 2.35. The lowest BCUT2D eigenvalue weighted by atomic mass is 10.1. The molecule has 0 aliphatic carbocycles. The van der Waals surface area contributed by atoms with Crippen molar-refractivity contribution in [1.82, 2.24) is 0 Å². The maximum Gasteiger partial charge on any atom is 0.255 e. The van der Waals surface area contributed by atoms with E-state index in [4.69, 9.17) is 13.1 Å². The van der Waals surface area contributed by atoms with Crippen molar-refractivity contribution in [2.45, 2.75) is 12.8 Å². The molecule has 6 nitrogen and oxygen atoms in total. The predicted molar refractivity (Wildman–Crippen MR) is 124 cm³/mol. The number of nitrogens with zero attached hydrogens (tertiary/aromatic N) is 1. The van der Waals surface area contributed by atoms with Gasteiger partial charge in [-0.05, 0) is 67.4 Å². The van der Waals surface area contributed by atoms with Crippen LogP contribution in [0.1, 0.15) is 23.2 Å². The largest absolute Gasteiger partial charge is 0.453 e. The summed E-state index contributed by atoms with van der Waals surface area (Å²) < 4.78 is 16.4. The fraction of sp³-hybridized carbons (Fsp3) is 0.208. The highest BCUT2D eigenvalue weighted by molar-refractivity contribution is 7.90. The van der Waals surface area contributed by atoms with Gasteiger partial charge in [0, 0.05) is 30.0 Å². The van der Waals surface area contributed by atoms with Crippen LogP contribution in [-0.2, 0) is 4.18 Å². The van der Waals surface area contributed by atoms with E-state index in [2.05, 4.69) is 10.2 Å². The zero-order valence-corrected chi connectivity index (χ0v) is 18.1. The summed E-state index contributed by atoms with van der Waals surface area (Å²) >= 11 is 0.808. The van der Waals surface area contributed by atoms with Crippen LogP contribution in [0.3, 0.4) is 0 Å². The summed E-state index contributed by atoms with van der Waals surface area (Å²) in [5.41, 5.74) is 2.38. The second kappa shape index (κ2) is 10.2. The quantitative estimate of drug-likeness (QED) is 0.442. The molecule has 1 heterocycles. The van der Waals surface area contributed by atoms with Gasteiger partial charge in [0.15, 0.2) is 11.5 Å². The van der Waals surface area contributed by atoms with Crippen molar-refractivity contribution in [2.24, 2.45) is 0 Å². The summed E-state index contributed by atoms with van der Waals surface area (Å²) in [6, 6.07) is 22.4. The molecular weight excluding hydrogens is 412 g/mol. The van der Waals surface area contributed by atoms with Crippen LogP contribution in [0.15, 0.2) is 72.8 Å². The normalized spacial score (nSPS) is 13.1. The lowest BCUT2D eigenvalue weighted by Gasteiger charge is -2.18. The van der Waals surface area contributed by atoms with E-state index in [-0.39, 0.29) is 5.91 Å². The molecule has 1 aliphatic heterocycles. The van der Waals surface area contributed by atoms with Crippen LogP contribution in [0.5, 0.6) is 17.2 Å². The highest BCUT2D eigenvalue weighted by Gasteiger charge is 2.15. The Hall–Kier alpha value is -3.16. The molecule has 1 N–H and O–H groups in total. The van der Waals surface area contributed by atoms with Crippen molar-refractivity contribution in [3.8, 4) is 17.2 Å².